The van der Waals surface area contributed by atoms with E-state index in [1.807, 2.05) is 37.3 Å². The third-order valence-corrected chi connectivity index (χ3v) is 6.49. The lowest BCUT2D eigenvalue weighted by molar-refractivity contribution is -0.132. The van der Waals surface area contributed by atoms with Crippen molar-refractivity contribution >= 4 is 34.7 Å². The van der Waals surface area contributed by atoms with Crippen LogP contribution in [0.4, 0.5) is 5.69 Å². The molecule has 1 aliphatic rings. The average molecular weight is 504 g/mol. The second kappa shape index (κ2) is 10.2. The normalized spacial score (nSPS) is 17.5. The van der Waals surface area contributed by atoms with Crippen LogP contribution in [0.25, 0.3) is 5.76 Å². The van der Waals surface area contributed by atoms with Crippen molar-refractivity contribution in [1.82, 2.24) is 0 Å². The molecule has 0 aliphatic carbocycles. The van der Waals surface area contributed by atoms with Crippen molar-refractivity contribution in [2.45, 2.75) is 45.6 Å². The number of carbonyl (C=O) groups is 2. The molecule has 186 valence electrons. The lowest BCUT2D eigenvalue weighted by Gasteiger charge is -2.28. The van der Waals surface area contributed by atoms with Crippen LogP contribution >= 0.6 is 11.6 Å². The number of carbonyl (C=O) groups excluding carboxylic acids is 2. The number of nitrogens with zero attached hydrogens (tertiary/aromatic N) is 1. The zero-order valence-corrected chi connectivity index (χ0v) is 21.7. The predicted octanol–water partition coefficient (Wildman–Crippen LogP) is 7.05. The number of halogens is 1. The van der Waals surface area contributed by atoms with Crippen LogP contribution in [-0.4, -0.2) is 23.4 Å². The molecule has 0 aromatic heterocycles. The minimum Gasteiger partial charge on any atom is -0.507 e. The fraction of sp³-hybridized carbons (Fsp3) is 0.267. The van der Waals surface area contributed by atoms with Gasteiger partial charge in [-0.05, 0) is 59.4 Å². The summed E-state index contributed by atoms with van der Waals surface area (Å²) in [6, 6.07) is 20.7. The number of ketones is 1. The summed E-state index contributed by atoms with van der Waals surface area (Å²) in [4.78, 5) is 28.4. The zero-order valence-electron chi connectivity index (χ0n) is 20.9. The molecule has 5 nitrogen and oxygen atoms in total. The number of aliphatic hydroxyl groups is 1. The maximum Gasteiger partial charge on any atom is 0.300 e. The van der Waals surface area contributed by atoms with Gasteiger partial charge in [0.15, 0.2) is 0 Å². The van der Waals surface area contributed by atoms with Crippen LogP contribution in [0.5, 0.6) is 5.75 Å². The Hall–Kier alpha value is -3.57. The number of Topliss-reactive ketones (excluding diaryl/α,β-unsaturated/α-hetero) is 1. The number of para-hydroxylation sites is 2. The summed E-state index contributed by atoms with van der Waals surface area (Å²) in [5.41, 5.74) is 2.67. The molecule has 1 fully saturated rings. The van der Waals surface area contributed by atoms with Gasteiger partial charge in [-0.25, -0.2) is 0 Å². The lowest BCUT2D eigenvalue weighted by Crippen LogP contribution is -2.30. The summed E-state index contributed by atoms with van der Waals surface area (Å²) in [7, 11) is 0. The molecule has 3 aromatic carbocycles. The predicted molar refractivity (Wildman–Crippen MR) is 144 cm³/mol. The largest absolute Gasteiger partial charge is 0.507 e. The molecular formula is C30H30ClNO4. The molecule has 0 spiro atoms. The quantitative estimate of drug-likeness (QED) is 0.222. The molecule has 1 N–H and O–H groups in total. The minimum absolute atomic E-state index is 0.0242. The van der Waals surface area contributed by atoms with Gasteiger partial charge in [-0.1, -0.05) is 75.7 Å². The molecule has 1 unspecified atom stereocenters. The van der Waals surface area contributed by atoms with Crippen molar-refractivity contribution in [3.05, 3.63) is 100 Å². The molecule has 1 aliphatic heterocycles. The van der Waals surface area contributed by atoms with Gasteiger partial charge in [-0.15, -0.1) is 0 Å². The Balaban J connectivity index is 1.93. The second-order valence-electron chi connectivity index (χ2n) is 9.86. The van der Waals surface area contributed by atoms with Gasteiger partial charge >= 0.3 is 0 Å². The highest BCUT2D eigenvalue weighted by molar-refractivity contribution is 6.52. The molecule has 1 atom stereocenters. The summed E-state index contributed by atoms with van der Waals surface area (Å²) in [6.07, 6.45) is 0.793. The Bertz CT molecular complexity index is 1300. The number of hydrogen-bond acceptors (Lipinski definition) is 4. The second-order valence-corrected chi connectivity index (χ2v) is 10.3. The van der Waals surface area contributed by atoms with Gasteiger partial charge in [0.1, 0.15) is 11.5 Å². The highest BCUT2D eigenvalue weighted by atomic mass is 35.5. The van der Waals surface area contributed by atoms with Crippen LogP contribution in [0.1, 0.15) is 56.8 Å². The first-order chi connectivity index (χ1) is 17.1. The molecule has 3 aromatic rings. The molecule has 0 saturated carbocycles. The van der Waals surface area contributed by atoms with E-state index >= 15 is 0 Å². The van der Waals surface area contributed by atoms with Crippen molar-refractivity contribution in [2.24, 2.45) is 0 Å². The minimum atomic E-state index is -0.832. The Morgan fingerprint density at radius 2 is 1.61 bits per heavy atom. The van der Waals surface area contributed by atoms with Gasteiger partial charge in [0.05, 0.1) is 23.9 Å². The van der Waals surface area contributed by atoms with Gasteiger partial charge < -0.3 is 9.84 Å². The summed E-state index contributed by atoms with van der Waals surface area (Å²) >= 11 is 6.03. The van der Waals surface area contributed by atoms with Crippen LogP contribution < -0.4 is 9.64 Å². The smallest absolute Gasteiger partial charge is 0.300 e. The number of amides is 1. The summed E-state index contributed by atoms with van der Waals surface area (Å²) < 4.78 is 5.93. The topological polar surface area (TPSA) is 66.8 Å². The summed E-state index contributed by atoms with van der Waals surface area (Å²) in [5.74, 6) is -1.21. The van der Waals surface area contributed by atoms with Crippen molar-refractivity contribution < 1.29 is 19.4 Å². The molecule has 6 heteroatoms. The van der Waals surface area contributed by atoms with Gasteiger partial charge in [0.2, 0.25) is 0 Å². The van der Waals surface area contributed by atoms with E-state index in [4.69, 9.17) is 16.3 Å². The first-order valence-electron chi connectivity index (χ1n) is 12.0. The van der Waals surface area contributed by atoms with Crippen LogP contribution in [0, 0.1) is 0 Å². The van der Waals surface area contributed by atoms with Gasteiger partial charge in [0.25, 0.3) is 11.7 Å². The van der Waals surface area contributed by atoms with Crippen LogP contribution in [0.2, 0.25) is 5.02 Å². The van der Waals surface area contributed by atoms with E-state index in [1.165, 1.54) is 4.90 Å². The van der Waals surface area contributed by atoms with Gasteiger partial charge in [-0.3, -0.25) is 14.5 Å². The van der Waals surface area contributed by atoms with Crippen molar-refractivity contribution in [3.8, 4) is 5.75 Å². The Morgan fingerprint density at radius 3 is 2.22 bits per heavy atom. The lowest BCUT2D eigenvalue weighted by atomic mass is 9.85. The summed E-state index contributed by atoms with van der Waals surface area (Å²) in [5, 5.41) is 11.8. The number of aliphatic hydroxyl groups excluding tert-OH is 1. The van der Waals surface area contributed by atoms with Crippen LogP contribution in [-0.2, 0) is 15.0 Å². The van der Waals surface area contributed by atoms with Crippen molar-refractivity contribution in [2.75, 3.05) is 11.5 Å². The third kappa shape index (κ3) is 4.89. The maximum atomic E-state index is 13.5. The van der Waals surface area contributed by atoms with E-state index in [-0.39, 0.29) is 16.7 Å². The molecule has 0 radical (unpaired) electrons. The van der Waals surface area contributed by atoms with E-state index in [1.54, 1.807) is 42.5 Å². The fourth-order valence-electron chi connectivity index (χ4n) is 4.32. The van der Waals surface area contributed by atoms with Crippen molar-refractivity contribution in [3.63, 3.8) is 0 Å². The number of anilines is 1. The molecule has 36 heavy (non-hydrogen) atoms. The third-order valence-electron chi connectivity index (χ3n) is 6.24. The molecule has 0 bridgehead atoms. The average Bonchev–Trinajstić information content (AvgIpc) is 3.12. The summed E-state index contributed by atoms with van der Waals surface area (Å²) in [6.45, 7) is 8.83. The van der Waals surface area contributed by atoms with Gasteiger partial charge in [0, 0.05) is 10.6 Å². The highest BCUT2D eigenvalue weighted by Crippen LogP contribution is 2.45. The monoisotopic (exact) mass is 503 g/mol. The first-order valence-corrected chi connectivity index (χ1v) is 12.4. The van der Waals surface area contributed by atoms with E-state index in [9.17, 15) is 14.7 Å². The molecule has 1 saturated heterocycles. The number of rotatable bonds is 6. The van der Waals surface area contributed by atoms with Crippen LogP contribution in [0.3, 0.4) is 0 Å². The molecule has 1 heterocycles. The first kappa shape index (κ1) is 25.5. The van der Waals surface area contributed by atoms with Crippen LogP contribution in [0.15, 0.2) is 78.4 Å². The standard InChI is InChI=1S/C30H30ClNO4/c1-5-18-36-24-9-7-6-8-23(24)32-26(19-10-14-21(15-11-19)30(2,3)4)25(28(34)29(32)35)27(33)20-12-16-22(31)17-13-20/h6-17,26,33H,5,18H2,1-4H3/b27-25-. The number of benzene rings is 3. The van der Waals surface area contributed by atoms with E-state index in [2.05, 4.69) is 20.8 Å². The maximum absolute atomic E-state index is 13.5. The number of ether oxygens (including phenoxy) is 1. The van der Waals surface area contributed by atoms with E-state index in [0.717, 1.165) is 12.0 Å². The molecule has 4 rings (SSSR count). The zero-order chi connectivity index (χ0) is 26.0. The fourth-order valence-corrected chi connectivity index (χ4v) is 4.44. The van der Waals surface area contributed by atoms with E-state index in [0.29, 0.717) is 34.2 Å². The SMILES string of the molecule is CCCOc1ccccc1N1C(=O)C(=O)/C(=C(\O)c2ccc(Cl)cc2)C1c1ccc(C(C)(C)C)cc1. The molecular weight excluding hydrogens is 474 g/mol. The van der Waals surface area contributed by atoms with Gasteiger partial charge in [-0.2, -0.15) is 0 Å². The Labute approximate surface area is 217 Å². The molecule has 1 amide bonds. The van der Waals surface area contributed by atoms with E-state index < -0.39 is 17.7 Å². The highest BCUT2D eigenvalue weighted by Gasteiger charge is 2.47. The Morgan fingerprint density at radius 1 is 0.972 bits per heavy atom. The van der Waals surface area contributed by atoms with Crippen molar-refractivity contribution in [1.29, 1.82) is 0 Å². The Kier molecular flexibility index (Phi) is 7.23. The number of hydrogen-bond donors (Lipinski definition) is 1.